The zero-order valence-corrected chi connectivity index (χ0v) is 7.39. The highest BCUT2D eigenvalue weighted by Gasteiger charge is 2.09. The predicted molar refractivity (Wildman–Crippen MR) is 51.6 cm³/mol. The molecular weight excluding hydrogens is 152 g/mol. The molecular formula is C8H14N4. The number of anilines is 3. The summed E-state index contributed by atoms with van der Waals surface area (Å²) in [6.45, 7) is 3.81. The number of nitrogens with two attached hydrogens (primary N) is 3. The van der Waals surface area contributed by atoms with E-state index in [1.165, 1.54) is 0 Å². The number of nitrogens with zero attached hydrogens (tertiary/aromatic N) is 1. The Bertz CT molecular complexity index is 280. The van der Waals surface area contributed by atoms with Crippen molar-refractivity contribution < 1.29 is 0 Å². The van der Waals surface area contributed by atoms with Gasteiger partial charge in [-0.15, -0.1) is 0 Å². The molecule has 1 aromatic heterocycles. The van der Waals surface area contributed by atoms with Gasteiger partial charge >= 0.3 is 0 Å². The topological polar surface area (TPSA) is 90.9 Å². The van der Waals surface area contributed by atoms with Crippen molar-refractivity contribution in [1.82, 2.24) is 4.98 Å². The molecule has 4 heteroatoms. The van der Waals surface area contributed by atoms with Gasteiger partial charge in [0, 0.05) is 5.56 Å². The van der Waals surface area contributed by atoms with Crippen LogP contribution >= 0.6 is 0 Å². The molecule has 12 heavy (non-hydrogen) atoms. The maximum absolute atomic E-state index is 5.76. The summed E-state index contributed by atoms with van der Waals surface area (Å²) in [6, 6.07) is 0. The molecule has 0 aliphatic rings. The fraction of sp³-hybridized carbons (Fsp3) is 0.375. The van der Waals surface area contributed by atoms with Crippen LogP contribution in [-0.4, -0.2) is 4.98 Å². The third-order valence-corrected chi connectivity index (χ3v) is 1.96. The zero-order chi connectivity index (χ0) is 9.30. The van der Waals surface area contributed by atoms with Crippen LogP contribution < -0.4 is 17.2 Å². The average Bonchev–Trinajstić information content (AvgIpc) is 2.02. The van der Waals surface area contributed by atoms with Gasteiger partial charge in [-0.2, -0.15) is 0 Å². The molecule has 0 unspecified atom stereocenters. The van der Waals surface area contributed by atoms with Crippen LogP contribution in [0.15, 0.2) is 0 Å². The van der Waals surface area contributed by atoms with E-state index in [4.69, 9.17) is 17.2 Å². The maximum atomic E-state index is 5.76. The number of rotatable bonds is 1. The van der Waals surface area contributed by atoms with Gasteiger partial charge in [-0.05, 0) is 13.3 Å². The van der Waals surface area contributed by atoms with E-state index in [0.717, 1.165) is 17.7 Å². The van der Waals surface area contributed by atoms with Crippen molar-refractivity contribution in [2.45, 2.75) is 20.3 Å². The summed E-state index contributed by atoms with van der Waals surface area (Å²) in [5.74, 6) is 0.374. The quantitative estimate of drug-likeness (QED) is 0.572. The Hall–Kier alpha value is -1.45. The fourth-order valence-electron chi connectivity index (χ4n) is 1.20. The third kappa shape index (κ3) is 1.15. The molecule has 0 aromatic carbocycles. The molecule has 66 valence electrons. The van der Waals surface area contributed by atoms with Crippen molar-refractivity contribution in [1.29, 1.82) is 0 Å². The Morgan fingerprint density at radius 3 is 2.25 bits per heavy atom. The van der Waals surface area contributed by atoms with Crippen LogP contribution in [0.25, 0.3) is 0 Å². The predicted octanol–water partition coefficient (Wildman–Crippen LogP) is 0.699. The summed E-state index contributed by atoms with van der Waals surface area (Å²) in [6.07, 6.45) is 0.783. The second kappa shape index (κ2) is 2.89. The number of pyridine rings is 1. The van der Waals surface area contributed by atoms with Crippen LogP contribution in [0.5, 0.6) is 0 Å². The first-order chi connectivity index (χ1) is 5.57. The molecule has 1 rings (SSSR count). The van der Waals surface area contributed by atoms with Gasteiger partial charge in [0.05, 0.1) is 17.1 Å². The number of aromatic nitrogens is 1. The van der Waals surface area contributed by atoms with Crippen LogP contribution in [0.1, 0.15) is 18.2 Å². The van der Waals surface area contributed by atoms with Crippen molar-refractivity contribution in [3.05, 3.63) is 11.3 Å². The van der Waals surface area contributed by atoms with Crippen LogP contribution in [0, 0.1) is 6.92 Å². The molecule has 0 saturated carbocycles. The van der Waals surface area contributed by atoms with Gasteiger partial charge in [0.15, 0.2) is 0 Å². The van der Waals surface area contributed by atoms with Gasteiger partial charge in [-0.3, -0.25) is 0 Å². The molecule has 1 aromatic rings. The van der Waals surface area contributed by atoms with Crippen LogP contribution in [0.4, 0.5) is 17.2 Å². The van der Waals surface area contributed by atoms with Crippen molar-refractivity contribution in [3.63, 3.8) is 0 Å². The SMILES string of the molecule is CCc1c(N)c(C)nc(N)c1N. The molecule has 0 spiro atoms. The minimum Gasteiger partial charge on any atom is -0.397 e. The van der Waals surface area contributed by atoms with E-state index < -0.39 is 0 Å². The Kier molecular flexibility index (Phi) is 2.08. The van der Waals surface area contributed by atoms with Gasteiger partial charge in [-0.1, -0.05) is 6.92 Å². The molecule has 1 heterocycles. The van der Waals surface area contributed by atoms with Crippen LogP contribution in [-0.2, 0) is 6.42 Å². The van der Waals surface area contributed by atoms with E-state index in [1.807, 2.05) is 13.8 Å². The molecule has 0 bridgehead atoms. The van der Waals surface area contributed by atoms with Gasteiger partial charge in [0.25, 0.3) is 0 Å². The molecule has 0 aliphatic carbocycles. The first kappa shape index (κ1) is 8.64. The largest absolute Gasteiger partial charge is 0.397 e. The normalized spacial score (nSPS) is 10.2. The molecule has 0 amide bonds. The van der Waals surface area contributed by atoms with E-state index in [0.29, 0.717) is 17.2 Å². The molecule has 4 nitrogen and oxygen atoms in total. The highest BCUT2D eigenvalue weighted by atomic mass is 14.9. The van der Waals surface area contributed by atoms with Crippen LogP contribution in [0.3, 0.4) is 0 Å². The van der Waals surface area contributed by atoms with Crippen LogP contribution in [0.2, 0.25) is 0 Å². The molecule has 0 atom stereocenters. The lowest BCUT2D eigenvalue weighted by Gasteiger charge is -2.10. The maximum Gasteiger partial charge on any atom is 0.147 e. The summed E-state index contributed by atoms with van der Waals surface area (Å²) in [5, 5.41) is 0. The summed E-state index contributed by atoms with van der Waals surface area (Å²) < 4.78 is 0. The second-order valence-corrected chi connectivity index (χ2v) is 2.74. The number of hydrogen-bond acceptors (Lipinski definition) is 4. The Morgan fingerprint density at radius 1 is 1.17 bits per heavy atom. The van der Waals surface area contributed by atoms with Gasteiger partial charge < -0.3 is 17.2 Å². The summed E-state index contributed by atoms with van der Waals surface area (Å²) in [4.78, 5) is 4.01. The van der Waals surface area contributed by atoms with Crippen molar-refractivity contribution in [2.75, 3.05) is 17.2 Å². The fourth-order valence-corrected chi connectivity index (χ4v) is 1.20. The molecule has 0 aliphatic heterocycles. The Balaban J connectivity index is 3.42. The highest BCUT2D eigenvalue weighted by molar-refractivity contribution is 5.72. The van der Waals surface area contributed by atoms with Crippen molar-refractivity contribution in [2.24, 2.45) is 0 Å². The second-order valence-electron chi connectivity index (χ2n) is 2.74. The van der Waals surface area contributed by atoms with Gasteiger partial charge in [0.1, 0.15) is 5.82 Å². The Labute approximate surface area is 71.8 Å². The third-order valence-electron chi connectivity index (χ3n) is 1.96. The Morgan fingerprint density at radius 2 is 1.75 bits per heavy atom. The number of aryl methyl sites for hydroxylation is 1. The molecule has 0 fully saturated rings. The van der Waals surface area contributed by atoms with E-state index >= 15 is 0 Å². The zero-order valence-electron chi connectivity index (χ0n) is 7.39. The minimum absolute atomic E-state index is 0.374. The van der Waals surface area contributed by atoms with E-state index in [1.54, 1.807) is 0 Å². The minimum atomic E-state index is 0.374. The lowest BCUT2D eigenvalue weighted by atomic mass is 10.1. The molecule has 0 radical (unpaired) electrons. The van der Waals surface area contributed by atoms with Gasteiger partial charge in [0.2, 0.25) is 0 Å². The monoisotopic (exact) mass is 166 g/mol. The molecule has 6 N–H and O–H groups in total. The van der Waals surface area contributed by atoms with Gasteiger partial charge in [-0.25, -0.2) is 4.98 Å². The van der Waals surface area contributed by atoms with E-state index in [-0.39, 0.29) is 0 Å². The van der Waals surface area contributed by atoms with E-state index in [9.17, 15) is 0 Å². The van der Waals surface area contributed by atoms with Crippen molar-refractivity contribution in [3.8, 4) is 0 Å². The number of hydrogen-bond donors (Lipinski definition) is 3. The smallest absolute Gasteiger partial charge is 0.147 e. The number of nitrogen functional groups attached to an aromatic ring is 3. The lowest BCUT2D eigenvalue weighted by molar-refractivity contribution is 1.11. The first-order valence-corrected chi connectivity index (χ1v) is 3.87. The average molecular weight is 166 g/mol. The highest BCUT2D eigenvalue weighted by Crippen LogP contribution is 2.26. The standard InChI is InChI=1S/C8H14N4/c1-3-5-6(9)4(2)12-8(11)7(5)10/h3,9-10H2,1-2H3,(H2,11,12). The lowest BCUT2D eigenvalue weighted by Crippen LogP contribution is -2.08. The first-order valence-electron chi connectivity index (χ1n) is 3.87. The summed E-state index contributed by atoms with van der Waals surface area (Å²) in [5.41, 5.74) is 19.9. The molecule has 0 saturated heterocycles. The van der Waals surface area contributed by atoms with Crippen molar-refractivity contribution >= 4 is 17.2 Å². The summed E-state index contributed by atoms with van der Waals surface area (Å²) in [7, 11) is 0. The van der Waals surface area contributed by atoms with E-state index in [2.05, 4.69) is 4.98 Å². The summed E-state index contributed by atoms with van der Waals surface area (Å²) >= 11 is 0.